The van der Waals surface area contributed by atoms with Gasteiger partial charge in [0.1, 0.15) is 18.4 Å². The van der Waals surface area contributed by atoms with Crippen LogP contribution in [0, 0.1) is 17.3 Å². The summed E-state index contributed by atoms with van der Waals surface area (Å²) in [6, 6.07) is 8.74. The van der Waals surface area contributed by atoms with E-state index in [0.29, 0.717) is 5.75 Å². The molecular formula is C18H16I2N2O6. The van der Waals surface area contributed by atoms with Crippen molar-refractivity contribution in [1.82, 2.24) is 5.32 Å². The van der Waals surface area contributed by atoms with Gasteiger partial charge in [-0.2, -0.15) is 0 Å². The standard InChI is InChI=1S/C18H16I2N2O6/c1-10(23)21-16(18(24)25)8-12-6-14(19)17(15(20)7-12)28-9-11-2-4-13(5-3-11)22(26)27/h2-7,16H,8-9H2,1H3,(H,21,23)(H,24,25)/t16-/m0/s1. The molecular weight excluding hydrogens is 594 g/mol. The highest BCUT2D eigenvalue weighted by Crippen LogP contribution is 2.30. The van der Waals surface area contributed by atoms with Crippen LogP contribution < -0.4 is 10.1 Å². The second-order valence-corrected chi connectivity index (χ2v) is 8.22. The van der Waals surface area contributed by atoms with Crippen LogP contribution in [0.1, 0.15) is 18.1 Å². The minimum Gasteiger partial charge on any atom is -0.487 e. The fraction of sp³-hybridized carbons (Fsp3) is 0.222. The van der Waals surface area contributed by atoms with Crippen LogP contribution in [0.25, 0.3) is 0 Å². The van der Waals surface area contributed by atoms with E-state index in [2.05, 4.69) is 50.5 Å². The SMILES string of the molecule is CC(=O)N[C@@H](Cc1cc(I)c(OCc2ccc([N+](=O)[O-])cc2)c(I)c1)C(=O)O. The number of carbonyl (C=O) groups is 2. The summed E-state index contributed by atoms with van der Waals surface area (Å²) in [6.07, 6.45) is 0.156. The Hall–Kier alpha value is -1.96. The number of amides is 1. The van der Waals surface area contributed by atoms with E-state index in [-0.39, 0.29) is 18.7 Å². The molecule has 0 radical (unpaired) electrons. The Kier molecular flexibility index (Phi) is 7.98. The number of nitrogens with one attached hydrogen (secondary N) is 1. The van der Waals surface area contributed by atoms with E-state index < -0.39 is 22.8 Å². The Morgan fingerprint density at radius 3 is 2.21 bits per heavy atom. The lowest BCUT2D eigenvalue weighted by Crippen LogP contribution is -2.41. The lowest BCUT2D eigenvalue weighted by atomic mass is 10.1. The molecule has 8 nitrogen and oxygen atoms in total. The molecule has 2 aromatic rings. The predicted octanol–water partition coefficient (Wildman–Crippen LogP) is 3.51. The maximum Gasteiger partial charge on any atom is 0.326 e. The quantitative estimate of drug-likeness (QED) is 0.269. The minimum atomic E-state index is -1.10. The number of nitro benzene ring substituents is 1. The van der Waals surface area contributed by atoms with Gasteiger partial charge in [0.15, 0.2) is 0 Å². The zero-order chi connectivity index (χ0) is 20.8. The molecule has 0 unspecified atom stereocenters. The number of hydrogen-bond acceptors (Lipinski definition) is 5. The second-order valence-electron chi connectivity index (χ2n) is 5.90. The van der Waals surface area contributed by atoms with Crippen LogP contribution in [-0.4, -0.2) is 27.9 Å². The van der Waals surface area contributed by atoms with Crippen LogP contribution in [0.3, 0.4) is 0 Å². The van der Waals surface area contributed by atoms with Crippen molar-refractivity contribution >= 4 is 62.7 Å². The van der Waals surface area contributed by atoms with Gasteiger partial charge in [-0.05, 0) is 80.6 Å². The third-order valence-electron chi connectivity index (χ3n) is 3.70. The minimum absolute atomic E-state index is 0.0180. The Labute approximate surface area is 188 Å². The number of carboxylic acid groups (broad SMARTS) is 1. The lowest BCUT2D eigenvalue weighted by Gasteiger charge is -2.16. The molecule has 2 N–H and O–H groups in total. The van der Waals surface area contributed by atoms with Crippen molar-refractivity contribution in [2.45, 2.75) is 26.0 Å². The molecule has 1 amide bonds. The Bertz CT molecular complexity index is 878. The molecule has 0 aliphatic carbocycles. The molecule has 0 aliphatic heterocycles. The molecule has 0 fully saturated rings. The fourth-order valence-electron chi connectivity index (χ4n) is 2.42. The average molecular weight is 610 g/mol. The fourth-order valence-corrected chi connectivity index (χ4v) is 4.63. The first-order chi connectivity index (χ1) is 13.2. The maximum absolute atomic E-state index is 11.3. The molecule has 0 bridgehead atoms. The highest BCUT2D eigenvalue weighted by molar-refractivity contribution is 14.1. The first kappa shape index (κ1) is 22.3. The van der Waals surface area contributed by atoms with Crippen LogP contribution in [0.2, 0.25) is 0 Å². The van der Waals surface area contributed by atoms with Gasteiger partial charge in [-0.3, -0.25) is 14.9 Å². The first-order valence-corrected chi connectivity index (χ1v) is 10.2. The molecule has 2 aromatic carbocycles. The van der Waals surface area contributed by atoms with E-state index in [9.17, 15) is 24.8 Å². The van der Waals surface area contributed by atoms with Gasteiger partial charge in [-0.1, -0.05) is 0 Å². The smallest absolute Gasteiger partial charge is 0.326 e. The van der Waals surface area contributed by atoms with Crippen molar-refractivity contribution in [3.63, 3.8) is 0 Å². The van der Waals surface area contributed by atoms with Crippen molar-refractivity contribution in [3.8, 4) is 5.75 Å². The molecule has 2 rings (SSSR count). The van der Waals surface area contributed by atoms with Gasteiger partial charge >= 0.3 is 5.97 Å². The van der Waals surface area contributed by atoms with Gasteiger partial charge in [-0.25, -0.2) is 4.79 Å². The topological polar surface area (TPSA) is 119 Å². The number of ether oxygens (including phenoxy) is 1. The average Bonchev–Trinajstić information content (AvgIpc) is 2.60. The largest absolute Gasteiger partial charge is 0.487 e. The molecule has 10 heteroatoms. The van der Waals surface area contributed by atoms with E-state index in [0.717, 1.165) is 18.3 Å². The highest BCUT2D eigenvalue weighted by Gasteiger charge is 2.20. The van der Waals surface area contributed by atoms with Gasteiger partial charge in [0.25, 0.3) is 5.69 Å². The van der Waals surface area contributed by atoms with Crippen molar-refractivity contribution in [2.75, 3.05) is 0 Å². The van der Waals surface area contributed by atoms with Crippen LogP contribution in [-0.2, 0) is 22.6 Å². The molecule has 28 heavy (non-hydrogen) atoms. The van der Waals surface area contributed by atoms with E-state index in [1.54, 1.807) is 12.1 Å². The molecule has 1 atom stereocenters. The summed E-state index contributed by atoms with van der Waals surface area (Å²) in [4.78, 5) is 32.7. The molecule has 0 saturated heterocycles. The monoisotopic (exact) mass is 610 g/mol. The number of rotatable bonds is 8. The number of nitro groups is 1. The number of carboxylic acids is 1. The number of non-ortho nitro benzene ring substituents is 1. The number of hydrogen-bond donors (Lipinski definition) is 2. The van der Waals surface area contributed by atoms with Gasteiger partial charge < -0.3 is 15.2 Å². The number of nitrogens with zero attached hydrogens (tertiary/aromatic N) is 1. The number of aliphatic carboxylic acids is 1. The van der Waals surface area contributed by atoms with Crippen molar-refractivity contribution < 1.29 is 24.4 Å². The zero-order valence-corrected chi connectivity index (χ0v) is 19.0. The van der Waals surface area contributed by atoms with Crippen molar-refractivity contribution in [2.24, 2.45) is 0 Å². The Morgan fingerprint density at radius 1 is 1.18 bits per heavy atom. The summed E-state index contributed by atoms with van der Waals surface area (Å²) in [5.41, 5.74) is 1.57. The normalized spacial score (nSPS) is 11.5. The summed E-state index contributed by atoms with van der Waals surface area (Å²) >= 11 is 4.21. The zero-order valence-electron chi connectivity index (χ0n) is 14.6. The summed E-state index contributed by atoms with van der Waals surface area (Å²) in [6.45, 7) is 1.52. The lowest BCUT2D eigenvalue weighted by molar-refractivity contribution is -0.384. The predicted molar refractivity (Wildman–Crippen MR) is 118 cm³/mol. The van der Waals surface area contributed by atoms with E-state index in [1.807, 2.05) is 12.1 Å². The highest BCUT2D eigenvalue weighted by atomic mass is 127. The molecule has 0 spiro atoms. The Morgan fingerprint density at radius 2 is 1.75 bits per heavy atom. The third kappa shape index (κ3) is 6.29. The van der Waals surface area contributed by atoms with E-state index in [4.69, 9.17) is 4.74 Å². The van der Waals surface area contributed by atoms with E-state index >= 15 is 0 Å². The molecule has 0 aliphatic rings. The second kappa shape index (κ2) is 10.0. The number of benzene rings is 2. The molecule has 0 saturated carbocycles. The van der Waals surface area contributed by atoms with Gasteiger partial charge in [0, 0.05) is 25.5 Å². The van der Waals surface area contributed by atoms with Crippen LogP contribution >= 0.6 is 45.2 Å². The molecule has 0 aromatic heterocycles. The van der Waals surface area contributed by atoms with Gasteiger partial charge in [0.05, 0.1) is 12.1 Å². The van der Waals surface area contributed by atoms with Gasteiger partial charge in [-0.15, -0.1) is 0 Å². The van der Waals surface area contributed by atoms with Crippen LogP contribution in [0.5, 0.6) is 5.75 Å². The Balaban J connectivity index is 2.11. The van der Waals surface area contributed by atoms with E-state index in [1.165, 1.54) is 19.1 Å². The summed E-state index contributed by atoms with van der Waals surface area (Å²) in [5.74, 6) is -0.853. The molecule has 148 valence electrons. The van der Waals surface area contributed by atoms with Crippen LogP contribution in [0.15, 0.2) is 36.4 Å². The first-order valence-electron chi connectivity index (χ1n) is 8.01. The van der Waals surface area contributed by atoms with Crippen molar-refractivity contribution in [1.29, 1.82) is 0 Å². The van der Waals surface area contributed by atoms with Gasteiger partial charge in [0.2, 0.25) is 5.91 Å². The number of halogens is 2. The third-order valence-corrected chi connectivity index (χ3v) is 5.31. The van der Waals surface area contributed by atoms with Crippen LogP contribution in [0.4, 0.5) is 5.69 Å². The maximum atomic E-state index is 11.3. The summed E-state index contributed by atoms with van der Waals surface area (Å²) in [7, 11) is 0. The summed E-state index contributed by atoms with van der Waals surface area (Å²) in [5, 5.41) is 22.4. The summed E-state index contributed by atoms with van der Waals surface area (Å²) < 4.78 is 7.45. The van der Waals surface area contributed by atoms with Crippen molar-refractivity contribution in [3.05, 3.63) is 64.8 Å². The number of carbonyl (C=O) groups excluding carboxylic acids is 1. The molecule has 0 heterocycles.